The second-order valence-corrected chi connectivity index (χ2v) is 46.3. The summed E-state index contributed by atoms with van der Waals surface area (Å²) in [5.41, 5.74) is 58.2. The van der Waals surface area contributed by atoms with Crippen molar-refractivity contribution in [3.8, 4) is 0 Å². The molecule has 40 rings (SSSR count). The molecule has 1 saturated heterocycles. The van der Waals surface area contributed by atoms with Crippen LogP contribution in [0.4, 0.5) is 0 Å². The molecule has 596 valence electrons. The van der Waals surface area contributed by atoms with Gasteiger partial charge in [-0.1, -0.05) is 191 Å². The quantitative estimate of drug-likeness (QED) is 0.0227. The highest BCUT2D eigenvalue weighted by Crippen LogP contribution is 3.02. The van der Waals surface area contributed by atoms with Crippen molar-refractivity contribution in [1.82, 2.24) is 4.90 Å². The first-order valence-corrected chi connectivity index (χ1v) is 50.3. The van der Waals surface area contributed by atoms with Crippen molar-refractivity contribution in [3.05, 3.63) is 277 Å². The van der Waals surface area contributed by atoms with E-state index in [4.69, 9.17) is 4.74 Å². The third-order valence-corrected chi connectivity index (χ3v) is 43.8. The number of hydrogen-bond acceptors (Lipinski definition) is 3. The fourth-order valence-electron chi connectivity index (χ4n) is 42.2. The maximum absolute atomic E-state index is 13.3. The van der Waals surface area contributed by atoms with Crippen LogP contribution in [0.5, 0.6) is 0 Å². The highest BCUT2D eigenvalue weighted by Gasteiger charge is 2.98. The molecule has 14 aromatic carbocycles. The Morgan fingerprint density at radius 2 is 1.26 bits per heavy atom. The lowest BCUT2D eigenvalue weighted by atomic mass is 9.48. The van der Waals surface area contributed by atoms with Crippen LogP contribution in [-0.2, 0) is 33.2 Å². The van der Waals surface area contributed by atoms with E-state index in [2.05, 4.69) is 152 Å². The van der Waals surface area contributed by atoms with Gasteiger partial charge in [-0.15, -0.1) is 11.5 Å². The molecule has 4 saturated carbocycles. The van der Waals surface area contributed by atoms with Gasteiger partial charge >= 0.3 is 5.97 Å². The van der Waals surface area contributed by atoms with Crippen LogP contribution in [0.25, 0.3) is 141 Å². The smallest absolute Gasteiger partial charge is 0.305 e. The number of allylic oxidation sites excluding steroid dienone is 9. The monoisotopic (exact) mass is 1600 g/mol. The Morgan fingerprint density at radius 1 is 0.536 bits per heavy atom. The third-order valence-electron chi connectivity index (χ3n) is 43.8. The number of benzene rings is 12. The molecule has 0 radical (unpaired) electrons. The number of rotatable bonds is 17. The molecule has 25 aliphatic carbocycles. The summed E-state index contributed by atoms with van der Waals surface area (Å²) in [5.74, 6) is 7.77. The normalized spacial score (nSPS) is 36.2. The van der Waals surface area contributed by atoms with Gasteiger partial charge in [-0.05, 0) is 401 Å². The van der Waals surface area contributed by atoms with Crippen LogP contribution in [0.2, 0.25) is 0 Å². The first-order valence-electron chi connectivity index (χ1n) is 50.3. The van der Waals surface area contributed by atoms with Gasteiger partial charge in [-0.3, -0.25) is 9.69 Å². The largest absolute Gasteiger partial charge is 0.469 e. The molecule has 3 nitrogen and oxygen atoms in total. The summed E-state index contributed by atoms with van der Waals surface area (Å²) in [5, 5.41) is 38.7. The molecule has 14 aromatic rings. The van der Waals surface area contributed by atoms with E-state index in [1.165, 1.54) is 155 Å². The zero-order chi connectivity index (χ0) is 79.4. The minimum absolute atomic E-state index is 0.0268. The van der Waals surface area contributed by atoms with Gasteiger partial charge in [0.05, 0.1) is 7.11 Å². The van der Waals surface area contributed by atoms with Crippen LogP contribution in [0.15, 0.2) is 161 Å². The molecular formula is C122H91NO2. The van der Waals surface area contributed by atoms with Gasteiger partial charge in [0.1, 0.15) is 0 Å². The number of aryl methyl sites for hydroxylation is 1. The highest BCUT2D eigenvalue weighted by atomic mass is 16.5. The van der Waals surface area contributed by atoms with Crippen molar-refractivity contribution in [3.63, 3.8) is 0 Å². The van der Waals surface area contributed by atoms with E-state index < -0.39 is 0 Å². The number of ether oxygens (including phenoxy) is 1. The number of methoxy groups -OCH3 is 1. The predicted octanol–water partition coefficient (Wildman–Crippen LogP) is 25.3. The lowest BCUT2D eigenvalue weighted by molar-refractivity contribution is -0.140. The SMILES string of the molecule is CCCCCCCCCCCCc1ccc(C2N(C)CC34C5=CC=C6C7C=C=C8c9ccc%10c%11ccc%12c%13c%14c%15c(c%16c%17c(c9c%10c(c%17%15)c%13%11)C8C7C=%16C623)=C4C2C5=C=CC%12C%142)cc1.COC(=O)CCCC1(c2ccccc2)C23c4c5c6c7c8c9c%10c%11c%12c%13c%14c%15c%16cc%17c%18c(c2c(c4c7%11)c%12c%15%18)C2C%17C=CC4C7CCC(C5=C7C13C42)C6CCC=8CC9CC(=C%10%13)CC%14C%16. The fourth-order valence-corrected chi connectivity index (χ4v) is 42.2. The lowest BCUT2D eigenvalue weighted by Gasteiger charge is -2.53. The van der Waals surface area contributed by atoms with E-state index in [0.717, 1.165) is 19.4 Å². The second-order valence-electron chi connectivity index (χ2n) is 46.3. The summed E-state index contributed by atoms with van der Waals surface area (Å²) >= 11 is 0. The number of likely N-dealkylation sites (tertiary alicyclic amines) is 1. The number of carbonyl (C=O) groups excluding carboxylic acids is 1. The first-order chi connectivity index (χ1) is 61.9. The van der Waals surface area contributed by atoms with Crippen molar-refractivity contribution >= 4 is 147 Å². The molecule has 3 heteroatoms. The average molecular weight is 1600 g/mol. The van der Waals surface area contributed by atoms with Gasteiger partial charge in [0, 0.05) is 98.7 Å². The summed E-state index contributed by atoms with van der Waals surface area (Å²) in [6, 6.07) is 35.7. The Hall–Kier alpha value is -10.4. The predicted molar refractivity (Wildman–Crippen MR) is 501 cm³/mol. The number of carbonyl (C=O) groups is 1. The Balaban J connectivity index is 0.000000106. The van der Waals surface area contributed by atoms with Gasteiger partial charge in [0.25, 0.3) is 0 Å². The van der Waals surface area contributed by atoms with Crippen molar-refractivity contribution in [1.29, 1.82) is 0 Å². The minimum Gasteiger partial charge on any atom is -0.469 e. The molecule has 21 atom stereocenters. The molecule has 0 amide bonds. The van der Waals surface area contributed by atoms with Crippen LogP contribution < -0.4 is 15.7 Å². The maximum atomic E-state index is 13.3. The van der Waals surface area contributed by atoms with E-state index in [1.807, 2.05) is 66.8 Å². The van der Waals surface area contributed by atoms with Crippen molar-refractivity contribution in [2.45, 2.75) is 212 Å². The number of fused-ring (bicyclic) bond motifs is 8. The minimum atomic E-state index is -0.133. The molecule has 0 bridgehead atoms. The number of nitrogens with zero attached hydrogens (tertiary/aromatic N) is 1. The van der Waals surface area contributed by atoms with Crippen molar-refractivity contribution < 1.29 is 9.53 Å². The standard InChI is InChI=1S/C61H49N.C61H42O2/c1-3-4-5-6-7-8-9-10-11-12-13-29-14-16-30(17-15-29)59-61-40-27-26-39-37-24-22-35-33-20-18-31-32-19-21-34-36-23-25-38(40)48-46(36)51-44(34)42(32)49-41(31)43(33)50-45(35)47(37)57(60(39,61)28-62(59)2)55-53(50)52(49)54(51)56(55)58(48)61;1-63-33(62)8-5-15-59(26-6-3-2-4-7-26)60-55-30-13-11-28-27-10-9-21-16-22-17-24-18-23-19-25-20-32-29-12-14-31(30)56(60)42(29)52-40(32)46-37(25)36(23)44-38(24)43-35(22)34(21)45-39(27)51(41(28)55)57-53-49(45)47(43)48(44)50(46)54(53)58(52)61(57,59)60/h14-22,25-27,35,38,45-48,59H,3-13,28H2,1-2H3;2-4,6-7,12,14,20,22-23,27-31,42,56H,5,8-11,13,15-19H2,1H3. The van der Waals surface area contributed by atoms with Crippen molar-refractivity contribution in [2.75, 3.05) is 20.7 Å². The molecule has 5 fully saturated rings. The summed E-state index contributed by atoms with van der Waals surface area (Å²) < 4.78 is 5.46. The summed E-state index contributed by atoms with van der Waals surface area (Å²) in [6.45, 7) is 3.40. The van der Waals surface area contributed by atoms with Crippen LogP contribution in [-0.4, -0.2) is 31.6 Å². The maximum Gasteiger partial charge on any atom is 0.305 e. The first kappa shape index (κ1) is 63.5. The third kappa shape index (κ3) is 5.41. The van der Waals surface area contributed by atoms with Gasteiger partial charge in [0.15, 0.2) is 0 Å². The Bertz CT molecular complexity index is 8780. The second kappa shape index (κ2) is 19.0. The molecule has 4 spiro atoms. The summed E-state index contributed by atoms with van der Waals surface area (Å²) in [7, 11) is 4.11. The van der Waals surface area contributed by atoms with Gasteiger partial charge in [-0.25, -0.2) is 0 Å². The van der Waals surface area contributed by atoms with E-state index >= 15 is 0 Å². The van der Waals surface area contributed by atoms with E-state index in [1.54, 1.807) is 192 Å². The van der Waals surface area contributed by atoms with Crippen LogP contribution >= 0.6 is 0 Å². The molecule has 26 aliphatic rings. The van der Waals surface area contributed by atoms with E-state index in [0.29, 0.717) is 95.2 Å². The number of esters is 1. The van der Waals surface area contributed by atoms with Gasteiger partial charge < -0.3 is 4.74 Å². The summed E-state index contributed by atoms with van der Waals surface area (Å²) in [6.07, 6.45) is 44.3. The van der Waals surface area contributed by atoms with Gasteiger partial charge in [-0.2, -0.15) is 0 Å². The van der Waals surface area contributed by atoms with E-state index in [-0.39, 0.29) is 39.1 Å². The summed E-state index contributed by atoms with van der Waals surface area (Å²) in [4.78, 5) is 16.2. The Morgan fingerprint density at radius 3 is 2.13 bits per heavy atom. The average Bonchev–Trinajstić information content (AvgIpc) is 1.37. The molecule has 21 unspecified atom stereocenters. The molecule has 1 aliphatic heterocycles. The van der Waals surface area contributed by atoms with E-state index in [9.17, 15) is 4.79 Å². The van der Waals surface area contributed by atoms with Crippen molar-refractivity contribution in [2.24, 2.45) is 57.7 Å². The van der Waals surface area contributed by atoms with Gasteiger partial charge in [0.2, 0.25) is 0 Å². The van der Waals surface area contributed by atoms with Crippen LogP contribution in [0, 0.1) is 57.7 Å². The topological polar surface area (TPSA) is 29.5 Å². The molecular weight excluding hydrogens is 1510 g/mol. The van der Waals surface area contributed by atoms with Crippen LogP contribution in [0.3, 0.4) is 0 Å². The zero-order valence-corrected chi connectivity index (χ0v) is 71.3. The molecule has 0 N–H and O–H groups in total. The lowest BCUT2D eigenvalue weighted by Crippen LogP contribution is -2.54. The Kier molecular flexibility index (Phi) is 9.64. The molecule has 125 heavy (non-hydrogen) atoms. The number of unbranched alkanes of at least 4 members (excludes halogenated alkanes) is 9. The highest BCUT2D eigenvalue weighted by molar-refractivity contribution is 6.50. The molecule has 1 heterocycles. The number of hydrogen-bond donors (Lipinski definition) is 0. The fraction of sp³-hybridized carbons (Fsp3) is 0.385. The zero-order valence-electron chi connectivity index (χ0n) is 71.3. The Labute approximate surface area is 723 Å². The van der Waals surface area contributed by atoms with Crippen LogP contribution in [0.1, 0.15) is 289 Å². The molecule has 0 aromatic heterocycles.